The van der Waals surface area contributed by atoms with E-state index < -0.39 is 28.5 Å². The summed E-state index contributed by atoms with van der Waals surface area (Å²) in [6.07, 6.45) is 0.954. The Morgan fingerprint density at radius 1 is 0.830 bits per heavy atom. The predicted molar refractivity (Wildman–Crippen MR) is 187 cm³/mol. The number of nitrogens with zero attached hydrogens (tertiary/aromatic N) is 2. The highest BCUT2D eigenvalue weighted by molar-refractivity contribution is 7.92. The third-order valence-corrected chi connectivity index (χ3v) is 10.0. The van der Waals surface area contributed by atoms with E-state index >= 15 is 0 Å². The van der Waals surface area contributed by atoms with Crippen LogP contribution in [0.15, 0.2) is 102 Å². The molecule has 0 saturated carbocycles. The average molecular weight is 656 g/mol. The zero-order chi connectivity index (χ0) is 34.1. The molecule has 248 valence electrons. The van der Waals surface area contributed by atoms with Crippen LogP contribution >= 0.6 is 0 Å². The van der Waals surface area contributed by atoms with Gasteiger partial charge in [-0.2, -0.15) is 0 Å². The Morgan fingerprint density at radius 2 is 1.49 bits per heavy atom. The average Bonchev–Trinajstić information content (AvgIpc) is 3.06. The van der Waals surface area contributed by atoms with Crippen molar-refractivity contribution in [3.63, 3.8) is 0 Å². The van der Waals surface area contributed by atoms with Crippen molar-refractivity contribution in [1.82, 2.24) is 10.2 Å². The van der Waals surface area contributed by atoms with E-state index in [4.69, 9.17) is 4.74 Å². The normalized spacial score (nSPS) is 12.6. The van der Waals surface area contributed by atoms with E-state index in [9.17, 15) is 18.0 Å². The molecule has 9 heteroatoms. The van der Waals surface area contributed by atoms with Crippen LogP contribution in [0.2, 0.25) is 0 Å². The van der Waals surface area contributed by atoms with Crippen molar-refractivity contribution in [3.8, 4) is 5.75 Å². The number of carbonyl (C=O) groups is 2. The molecule has 1 N–H and O–H groups in total. The van der Waals surface area contributed by atoms with Crippen molar-refractivity contribution in [2.45, 2.75) is 71.0 Å². The number of benzene rings is 4. The number of rotatable bonds is 14. The van der Waals surface area contributed by atoms with E-state index in [1.807, 2.05) is 101 Å². The summed E-state index contributed by atoms with van der Waals surface area (Å²) in [6.45, 7) is 9.10. The van der Waals surface area contributed by atoms with Crippen molar-refractivity contribution in [2.75, 3.05) is 18.0 Å². The van der Waals surface area contributed by atoms with E-state index in [0.29, 0.717) is 23.4 Å². The van der Waals surface area contributed by atoms with E-state index in [1.54, 1.807) is 37.4 Å². The molecule has 0 aliphatic rings. The summed E-state index contributed by atoms with van der Waals surface area (Å²) in [5.41, 5.74) is 4.61. The molecule has 0 radical (unpaired) electrons. The third-order valence-electron chi connectivity index (χ3n) is 8.27. The summed E-state index contributed by atoms with van der Waals surface area (Å²) in [5, 5.41) is 3.07. The third kappa shape index (κ3) is 9.01. The van der Waals surface area contributed by atoms with Crippen LogP contribution in [-0.2, 0) is 32.6 Å². The minimum Gasteiger partial charge on any atom is -0.497 e. The molecule has 2 atom stereocenters. The number of amides is 2. The van der Waals surface area contributed by atoms with Gasteiger partial charge in [-0.15, -0.1) is 0 Å². The Balaban J connectivity index is 1.84. The Morgan fingerprint density at radius 3 is 2.13 bits per heavy atom. The zero-order valence-electron chi connectivity index (χ0n) is 28.1. The van der Waals surface area contributed by atoms with E-state index in [-0.39, 0.29) is 29.8 Å². The maximum Gasteiger partial charge on any atom is 0.264 e. The van der Waals surface area contributed by atoms with Gasteiger partial charge in [-0.25, -0.2) is 8.42 Å². The highest BCUT2D eigenvalue weighted by Crippen LogP contribution is 2.29. The smallest absolute Gasteiger partial charge is 0.264 e. The molecule has 4 aromatic carbocycles. The van der Waals surface area contributed by atoms with Gasteiger partial charge < -0.3 is 15.0 Å². The van der Waals surface area contributed by atoms with Crippen molar-refractivity contribution in [3.05, 3.63) is 125 Å². The van der Waals surface area contributed by atoms with E-state index in [0.717, 1.165) is 22.3 Å². The quantitative estimate of drug-likeness (QED) is 0.170. The largest absolute Gasteiger partial charge is 0.497 e. The Labute approximate surface area is 279 Å². The Bertz CT molecular complexity index is 1780. The lowest BCUT2D eigenvalue weighted by atomic mass is 10.0. The van der Waals surface area contributed by atoms with Crippen LogP contribution in [-0.4, -0.2) is 50.9 Å². The molecular weight excluding hydrogens is 611 g/mol. The van der Waals surface area contributed by atoms with Gasteiger partial charge in [0.2, 0.25) is 11.8 Å². The number of carbonyl (C=O) groups excluding carboxylic acids is 2. The van der Waals surface area contributed by atoms with Gasteiger partial charge in [-0.05, 0) is 81.1 Å². The summed E-state index contributed by atoms with van der Waals surface area (Å²) >= 11 is 0. The van der Waals surface area contributed by atoms with Gasteiger partial charge in [0.25, 0.3) is 10.0 Å². The van der Waals surface area contributed by atoms with Crippen LogP contribution in [0.4, 0.5) is 5.69 Å². The molecule has 8 nitrogen and oxygen atoms in total. The summed E-state index contributed by atoms with van der Waals surface area (Å²) in [6, 6.07) is 27.8. The molecule has 0 aromatic heterocycles. The lowest BCUT2D eigenvalue weighted by molar-refractivity contribution is -0.140. The summed E-state index contributed by atoms with van der Waals surface area (Å²) < 4.78 is 35.3. The fraction of sp³-hybridized carbons (Fsp3) is 0.316. The molecule has 0 fully saturated rings. The van der Waals surface area contributed by atoms with Gasteiger partial charge in [-0.1, -0.05) is 84.8 Å². The second-order valence-corrected chi connectivity index (χ2v) is 13.9. The van der Waals surface area contributed by atoms with Crippen LogP contribution in [0.5, 0.6) is 5.75 Å². The second-order valence-electron chi connectivity index (χ2n) is 12.0. The first-order valence-corrected chi connectivity index (χ1v) is 17.3. The number of ether oxygens (including phenoxy) is 1. The second kappa shape index (κ2) is 15.8. The van der Waals surface area contributed by atoms with E-state index in [1.165, 1.54) is 9.21 Å². The topological polar surface area (TPSA) is 96.0 Å². The van der Waals surface area contributed by atoms with Crippen molar-refractivity contribution in [1.29, 1.82) is 0 Å². The molecular formula is C38H45N3O5S. The maximum atomic E-state index is 14.7. The van der Waals surface area contributed by atoms with Gasteiger partial charge in [0, 0.05) is 19.0 Å². The molecule has 0 aliphatic carbocycles. The molecule has 0 heterocycles. The molecule has 0 aliphatic heterocycles. The fourth-order valence-corrected chi connectivity index (χ4v) is 6.88. The van der Waals surface area contributed by atoms with Crippen molar-refractivity contribution < 1.29 is 22.7 Å². The first kappa shape index (κ1) is 35.2. The minimum absolute atomic E-state index is 0.0623. The van der Waals surface area contributed by atoms with Crippen molar-refractivity contribution >= 4 is 27.5 Å². The Kier molecular flexibility index (Phi) is 11.8. The lowest BCUT2D eigenvalue weighted by Crippen LogP contribution is -2.54. The van der Waals surface area contributed by atoms with Crippen LogP contribution in [0.3, 0.4) is 0 Å². The van der Waals surface area contributed by atoms with Crippen molar-refractivity contribution in [2.24, 2.45) is 0 Å². The SMILES string of the molecule is CC[C@H](C)NC(=O)[C@H](Cc1ccccc1)N(Cc1cccc(OC)c1)C(=O)CN(c1ccc(C)cc1C)S(=O)(=O)c1ccc(C)cc1. The van der Waals surface area contributed by atoms with Gasteiger partial charge in [0.15, 0.2) is 0 Å². The highest BCUT2D eigenvalue weighted by atomic mass is 32.2. The molecule has 4 rings (SSSR count). The number of aryl methyl sites for hydroxylation is 3. The highest BCUT2D eigenvalue weighted by Gasteiger charge is 2.35. The number of anilines is 1. The molecule has 2 amide bonds. The van der Waals surface area contributed by atoms with Crippen LogP contribution < -0.4 is 14.4 Å². The number of hydrogen-bond acceptors (Lipinski definition) is 5. The monoisotopic (exact) mass is 655 g/mol. The number of methoxy groups -OCH3 is 1. The van der Waals surface area contributed by atoms with E-state index in [2.05, 4.69) is 5.32 Å². The Hall–Kier alpha value is -4.63. The first-order valence-electron chi connectivity index (χ1n) is 15.9. The molecule has 47 heavy (non-hydrogen) atoms. The summed E-state index contributed by atoms with van der Waals surface area (Å²) in [7, 11) is -2.61. The zero-order valence-corrected chi connectivity index (χ0v) is 28.9. The van der Waals surface area contributed by atoms with Gasteiger partial charge in [-0.3, -0.25) is 13.9 Å². The van der Waals surface area contributed by atoms with Crippen LogP contribution in [0.25, 0.3) is 0 Å². The van der Waals surface area contributed by atoms with Gasteiger partial charge >= 0.3 is 0 Å². The molecule has 0 spiro atoms. The minimum atomic E-state index is -4.18. The van der Waals surface area contributed by atoms with Gasteiger partial charge in [0.1, 0.15) is 18.3 Å². The first-order chi connectivity index (χ1) is 22.4. The molecule has 0 saturated heterocycles. The maximum absolute atomic E-state index is 14.7. The summed E-state index contributed by atoms with van der Waals surface area (Å²) in [4.78, 5) is 30.3. The summed E-state index contributed by atoms with van der Waals surface area (Å²) in [5.74, 6) is -0.208. The van der Waals surface area contributed by atoms with Gasteiger partial charge in [0.05, 0.1) is 17.7 Å². The predicted octanol–water partition coefficient (Wildman–Crippen LogP) is 6.37. The number of nitrogens with one attached hydrogen (secondary N) is 1. The number of sulfonamides is 1. The molecule has 4 aromatic rings. The fourth-order valence-electron chi connectivity index (χ4n) is 5.40. The van der Waals surface area contributed by atoms with Crippen LogP contribution in [0, 0.1) is 20.8 Å². The standard InChI is InChI=1S/C38H45N3O5S/c1-7-30(5)39-38(43)36(24-31-12-9-8-10-13-31)40(25-32-14-11-15-33(23-32)46-6)37(42)26-41(35-21-18-28(3)22-29(35)4)47(44,45)34-19-16-27(2)17-20-34/h8-23,30,36H,7,24-26H2,1-6H3,(H,39,43)/t30-,36-/m0/s1. The molecule has 0 unspecified atom stereocenters. The lowest BCUT2D eigenvalue weighted by Gasteiger charge is -2.34. The molecule has 0 bridgehead atoms. The van der Waals surface area contributed by atoms with Crippen LogP contribution in [0.1, 0.15) is 48.1 Å². The number of hydrogen-bond donors (Lipinski definition) is 1.